The van der Waals surface area contributed by atoms with Gasteiger partial charge in [-0.2, -0.15) is 5.10 Å². The second-order valence-electron chi connectivity index (χ2n) is 10.3. The van der Waals surface area contributed by atoms with Crippen molar-refractivity contribution in [2.24, 2.45) is 0 Å². The minimum atomic E-state index is -0.276. The maximum atomic E-state index is 13.1. The van der Waals surface area contributed by atoms with Crippen molar-refractivity contribution in [3.05, 3.63) is 71.4 Å². The molecule has 2 amide bonds. The standard InChI is InChI=1S/C30H40N4O3/c1-7-9-10-11-22-12-14-23(15-13-22)29(36)33(8-2)21-28(35)31-27-20-26(30(3,4)5)32-34(27)24-16-18-25(37-6)19-17-24/h12-20H,7-11,21H2,1-6H3,(H,31,35). The lowest BCUT2D eigenvalue weighted by Gasteiger charge is -2.21. The molecule has 0 bridgehead atoms. The van der Waals surface area contributed by atoms with Crippen LogP contribution in [0.1, 0.15) is 75.5 Å². The van der Waals surface area contributed by atoms with Gasteiger partial charge in [-0.15, -0.1) is 0 Å². The second kappa shape index (κ2) is 12.6. The van der Waals surface area contributed by atoms with Gasteiger partial charge in [-0.25, -0.2) is 4.68 Å². The van der Waals surface area contributed by atoms with E-state index in [1.807, 2.05) is 61.5 Å². The van der Waals surface area contributed by atoms with E-state index in [0.717, 1.165) is 30.0 Å². The van der Waals surface area contributed by atoms with E-state index in [0.29, 0.717) is 17.9 Å². The van der Waals surface area contributed by atoms with E-state index in [-0.39, 0.29) is 23.8 Å². The molecule has 7 nitrogen and oxygen atoms in total. The van der Waals surface area contributed by atoms with Crippen LogP contribution in [0, 0.1) is 0 Å². The van der Waals surface area contributed by atoms with Gasteiger partial charge in [0.15, 0.2) is 0 Å². The average molecular weight is 505 g/mol. The third-order valence-corrected chi connectivity index (χ3v) is 6.34. The Hall–Kier alpha value is -3.61. The molecule has 2 aromatic carbocycles. The SMILES string of the molecule is CCCCCc1ccc(C(=O)N(CC)CC(=O)Nc2cc(C(C)(C)C)nn2-c2ccc(OC)cc2)cc1. The van der Waals surface area contributed by atoms with Gasteiger partial charge >= 0.3 is 0 Å². The van der Waals surface area contributed by atoms with Crippen molar-refractivity contribution < 1.29 is 14.3 Å². The number of carbonyl (C=O) groups excluding carboxylic acids is 2. The fourth-order valence-electron chi connectivity index (χ4n) is 4.02. The highest BCUT2D eigenvalue weighted by molar-refractivity contribution is 5.99. The van der Waals surface area contributed by atoms with Crippen molar-refractivity contribution in [2.45, 2.75) is 65.7 Å². The number of rotatable bonds is 11. The number of hydrogen-bond acceptors (Lipinski definition) is 4. The summed E-state index contributed by atoms with van der Waals surface area (Å²) in [6.07, 6.45) is 4.55. The van der Waals surface area contributed by atoms with Gasteiger partial charge in [-0.1, -0.05) is 52.7 Å². The van der Waals surface area contributed by atoms with Crippen LogP contribution in [0.15, 0.2) is 54.6 Å². The molecule has 0 saturated carbocycles. The number of hydrogen-bond donors (Lipinski definition) is 1. The van der Waals surface area contributed by atoms with Crippen LogP contribution in [0.2, 0.25) is 0 Å². The number of aromatic nitrogens is 2. The summed E-state index contributed by atoms with van der Waals surface area (Å²) < 4.78 is 6.98. The molecule has 0 atom stereocenters. The van der Waals surface area contributed by atoms with E-state index in [1.165, 1.54) is 18.4 Å². The third kappa shape index (κ3) is 7.44. The molecule has 0 aliphatic rings. The highest BCUT2D eigenvalue weighted by atomic mass is 16.5. The van der Waals surface area contributed by atoms with Crippen molar-refractivity contribution in [3.63, 3.8) is 0 Å². The summed E-state index contributed by atoms with van der Waals surface area (Å²) in [6.45, 7) is 10.7. The Bertz CT molecular complexity index is 1180. The summed E-state index contributed by atoms with van der Waals surface area (Å²) in [4.78, 5) is 27.8. The number of benzene rings is 2. The maximum absolute atomic E-state index is 13.1. The van der Waals surface area contributed by atoms with E-state index < -0.39 is 0 Å². The Balaban J connectivity index is 1.74. The summed E-state index contributed by atoms with van der Waals surface area (Å²) >= 11 is 0. The number of nitrogens with zero attached hydrogens (tertiary/aromatic N) is 3. The zero-order chi connectivity index (χ0) is 27.0. The van der Waals surface area contributed by atoms with E-state index in [4.69, 9.17) is 9.84 Å². The number of ether oxygens (including phenoxy) is 1. The lowest BCUT2D eigenvalue weighted by Crippen LogP contribution is -2.38. The molecule has 0 aliphatic carbocycles. The monoisotopic (exact) mass is 504 g/mol. The van der Waals surface area contributed by atoms with E-state index >= 15 is 0 Å². The van der Waals surface area contributed by atoms with Crippen molar-refractivity contribution in [1.82, 2.24) is 14.7 Å². The summed E-state index contributed by atoms with van der Waals surface area (Å²) in [5, 5.41) is 7.73. The molecular weight excluding hydrogens is 464 g/mol. The first-order valence-corrected chi connectivity index (χ1v) is 13.1. The smallest absolute Gasteiger partial charge is 0.254 e. The van der Waals surface area contributed by atoms with Crippen LogP contribution in [0.5, 0.6) is 5.75 Å². The van der Waals surface area contributed by atoms with E-state index in [9.17, 15) is 9.59 Å². The summed E-state index contributed by atoms with van der Waals surface area (Å²) in [6, 6.07) is 17.1. The first-order chi connectivity index (χ1) is 17.7. The third-order valence-electron chi connectivity index (χ3n) is 6.34. The maximum Gasteiger partial charge on any atom is 0.254 e. The highest BCUT2D eigenvalue weighted by Gasteiger charge is 2.23. The fourth-order valence-corrected chi connectivity index (χ4v) is 4.02. The number of likely N-dealkylation sites (N-methyl/N-ethyl adjacent to an activating group) is 1. The molecule has 7 heteroatoms. The Kier molecular flexibility index (Phi) is 9.50. The molecule has 0 fully saturated rings. The van der Waals surface area contributed by atoms with Gasteiger partial charge in [0.05, 0.1) is 18.5 Å². The second-order valence-corrected chi connectivity index (χ2v) is 10.3. The molecule has 1 aromatic heterocycles. The molecular formula is C30H40N4O3. The average Bonchev–Trinajstić information content (AvgIpc) is 3.31. The minimum absolute atomic E-state index is 0.0494. The molecule has 3 aromatic rings. The number of anilines is 1. The van der Waals surface area contributed by atoms with Gasteiger partial charge in [-0.05, 0) is 61.7 Å². The van der Waals surface area contributed by atoms with Crippen LogP contribution in [0.3, 0.4) is 0 Å². The topological polar surface area (TPSA) is 76.5 Å². The number of nitrogens with one attached hydrogen (secondary N) is 1. The molecule has 0 aliphatic heterocycles. The predicted molar refractivity (Wildman–Crippen MR) is 149 cm³/mol. The molecule has 0 spiro atoms. The molecule has 3 rings (SSSR count). The Morgan fingerprint density at radius 2 is 1.68 bits per heavy atom. The lowest BCUT2D eigenvalue weighted by atomic mass is 9.92. The van der Waals surface area contributed by atoms with Crippen LogP contribution in [-0.4, -0.2) is 46.7 Å². The highest BCUT2D eigenvalue weighted by Crippen LogP contribution is 2.27. The first-order valence-electron chi connectivity index (χ1n) is 13.1. The Morgan fingerprint density at radius 1 is 1.00 bits per heavy atom. The number of carbonyl (C=O) groups is 2. The minimum Gasteiger partial charge on any atom is -0.497 e. The normalized spacial score (nSPS) is 11.3. The number of unbranched alkanes of at least 4 members (excludes halogenated alkanes) is 2. The Labute approximate surface area is 220 Å². The molecule has 198 valence electrons. The first kappa shape index (κ1) is 28.0. The van der Waals surface area contributed by atoms with Crippen molar-refractivity contribution in [2.75, 3.05) is 25.5 Å². The van der Waals surface area contributed by atoms with Gasteiger partial charge in [0.25, 0.3) is 5.91 Å². The van der Waals surface area contributed by atoms with Crippen molar-refractivity contribution in [3.8, 4) is 11.4 Å². The van der Waals surface area contributed by atoms with E-state index in [1.54, 1.807) is 16.7 Å². The number of methoxy groups -OCH3 is 1. The van der Waals surface area contributed by atoms with Crippen LogP contribution >= 0.6 is 0 Å². The van der Waals surface area contributed by atoms with Gasteiger partial charge in [0.2, 0.25) is 5.91 Å². The van der Waals surface area contributed by atoms with Crippen LogP contribution < -0.4 is 10.1 Å². The van der Waals surface area contributed by atoms with Crippen molar-refractivity contribution in [1.29, 1.82) is 0 Å². The summed E-state index contributed by atoms with van der Waals surface area (Å²) in [5.74, 6) is 0.863. The van der Waals surface area contributed by atoms with Crippen LogP contribution in [0.4, 0.5) is 5.82 Å². The predicted octanol–water partition coefficient (Wildman–Crippen LogP) is 6.01. The number of amides is 2. The van der Waals surface area contributed by atoms with Crippen LogP contribution in [-0.2, 0) is 16.6 Å². The van der Waals surface area contributed by atoms with Crippen molar-refractivity contribution >= 4 is 17.6 Å². The molecule has 0 unspecified atom stereocenters. The van der Waals surface area contributed by atoms with Gasteiger partial charge in [0.1, 0.15) is 18.1 Å². The zero-order valence-electron chi connectivity index (χ0n) is 23.0. The molecule has 37 heavy (non-hydrogen) atoms. The Morgan fingerprint density at radius 3 is 2.24 bits per heavy atom. The van der Waals surface area contributed by atoms with E-state index in [2.05, 4.69) is 33.0 Å². The lowest BCUT2D eigenvalue weighted by molar-refractivity contribution is -0.116. The van der Waals surface area contributed by atoms with Gasteiger partial charge < -0.3 is 15.0 Å². The zero-order valence-corrected chi connectivity index (χ0v) is 23.0. The fraction of sp³-hybridized carbons (Fsp3) is 0.433. The molecule has 1 N–H and O–H groups in total. The number of aryl methyl sites for hydroxylation is 1. The summed E-state index contributed by atoms with van der Waals surface area (Å²) in [7, 11) is 1.62. The largest absolute Gasteiger partial charge is 0.497 e. The molecule has 0 saturated heterocycles. The summed E-state index contributed by atoms with van der Waals surface area (Å²) in [5.41, 5.74) is 3.26. The molecule has 0 radical (unpaired) electrons. The quantitative estimate of drug-likeness (QED) is 0.324. The van der Waals surface area contributed by atoms with Gasteiger partial charge in [-0.3, -0.25) is 9.59 Å². The van der Waals surface area contributed by atoms with Crippen LogP contribution in [0.25, 0.3) is 5.69 Å². The molecule has 1 heterocycles. The van der Waals surface area contributed by atoms with Gasteiger partial charge in [0, 0.05) is 23.6 Å².